The van der Waals surface area contributed by atoms with E-state index >= 15 is 0 Å². The zero-order valence-corrected chi connectivity index (χ0v) is 7.51. The predicted octanol–water partition coefficient (Wildman–Crippen LogP) is 0.420. The second-order valence-electron chi connectivity index (χ2n) is 4.03. The number of carbonyl (C=O) groups excluding carboxylic acids is 2. The first-order chi connectivity index (χ1) is 6.74. The molecule has 14 heavy (non-hydrogen) atoms. The standard InChI is InChI=1S/C10H10O4/c11-9-3-5-6-4-10(12)14-8(6)2-1-7(5)13-9/h1-2,5-8H,3-4H2/t5-,6+,7+,8-. The van der Waals surface area contributed by atoms with Crippen molar-refractivity contribution in [3.05, 3.63) is 12.2 Å². The smallest absolute Gasteiger partial charge is 0.306 e. The van der Waals surface area contributed by atoms with Crippen LogP contribution in [0, 0.1) is 11.8 Å². The molecular formula is C10H10O4. The molecule has 0 amide bonds. The second-order valence-corrected chi connectivity index (χ2v) is 4.03. The molecule has 2 fully saturated rings. The summed E-state index contributed by atoms with van der Waals surface area (Å²) in [4.78, 5) is 22.2. The lowest BCUT2D eigenvalue weighted by Gasteiger charge is -2.26. The normalized spacial score (nSPS) is 44.3. The summed E-state index contributed by atoms with van der Waals surface area (Å²) < 4.78 is 10.2. The third-order valence-corrected chi connectivity index (χ3v) is 3.22. The van der Waals surface area contributed by atoms with E-state index < -0.39 is 0 Å². The summed E-state index contributed by atoms with van der Waals surface area (Å²) in [5.74, 6) is -0.0396. The van der Waals surface area contributed by atoms with E-state index in [2.05, 4.69) is 0 Å². The van der Waals surface area contributed by atoms with Gasteiger partial charge in [-0.05, 0) is 12.2 Å². The monoisotopic (exact) mass is 194 g/mol. The highest BCUT2D eigenvalue weighted by molar-refractivity contribution is 5.75. The first-order valence-corrected chi connectivity index (χ1v) is 4.81. The maximum atomic E-state index is 11.1. The lowest BCUT2D eigenvalue weighted by Crippen LogP contribution is -2.31. The van der Waals surface area contributed by atoms with Crippen LogP contribution in [0.1, 0.15) is 12.8 Å². The summed E-state index contributed by atoms with van der Waals surface area (Å²) in [6.45, 7) is 0. The van der Waals surface area contributed by atoms with Gasteiger partial charge in [0.1, 0.15) is 12.2 Å². The zero-order valence-electron chi connectivity index (χ0n) is 7.51. The van der Waals surface area contributed by atoms with Crippen LogP contribution in [0.3, 0.4) is 0 Å². The van der Waals surface area contributed by atoms with Gasteiger partial charge in [-0.3, -0.25) is 9.59 Å². The molecule has 0 bridgehead atoms. The Morgan fingerprint density at radius 3 is 1.79 bits per heavy atom. The number of esters is 2. The van der Waals surface area contributed by atoms with Crippen LogP contribution in [-0.2, 0) is 19.1 Å². The van der Waals surface area contributed by atoms with E-state index in [-0.39, 0.29) is 36.0 Å². The molecule has 0 aromatic heterocycles. The van der Waals surface area contributed by atoms with Crippen molar-refractivity contribution >= 4 is 11.9 Å². The highest BCUT2D eigenvalue weighted by atomic mass is 16.6. The third-order valence-electron chi connectivity index (χ3n) is 3.22. The molecular weight excluding hydrogens is 184 g/mol. The van der Waals surface area contributed by atoms with Gasteiger partial charge in [0.15, 0.2) is 0 Å². The minimum Gasteiger partial charge on any atom is -0.458 e. The fraction of sp³-hybridized carbons (Fsp3) is 0.600. The Kier molecular flexibility index (Phi) is 1.48. The highest BCUT2D eigenvalue weighted by Crippen LogP contribution is 2.41. The molecule has 0 spiro atoms. The molecule has 0 N–H and O–H groups in total. The van der Waals surface area contributed by atoms with Crippen LogP contribution in [0.4, 0.5) is 0 Å². The Morgan fingerprint density at radius 2 is 1.36 bits per heavy atom. The number of rotatable bonds is 0. The van der Waals surface area contributed by atoms with Gasteiger partial charge in [0.2, 0.25) is 0 Å². The van der Waals surface area contributed by atoms with E-state index in [1.165, 1.54) is 0 Å². The molecule has 2 heterocycles. The molecule has 3 aliphatic rings. The summed E-state index contributed by atoms with van der Waals surface area (Å²) in [6, 6.07) is 0. The van der Waals surface area contributed by atoms with Gasteiger partial charge in [0.25, 0.3) is 0 Å². The van der Waals surface area contributed by atoms with Crippen LogP contribution in [0.5, 0.6) is 0 Å². The molecule has 0 saturated carbocycles. The van der Waals surface area contributed by atoms with E-state index in [4.69, 9.17) is 9.47 Å². The average Bonchev–Trinajstić information content (AvgIpc) is 2.65. The molecule has 2 saturated heterocycles. The third kappa shape index (κ3) is 0.997. The molecule has 0 aromatic carbocycles. The van der Waals surface area contributed by atoms with Crippen LogP contribution < -0.4 is 0 Å². The highest BCUT2D eigenvalue weighted by Gasteiger charge is 2.48. The topological polar surface area (TPSA) is 52.6 Å². The predicted molar refractivity (Wildman–Crippen MR) is 45.1 cm³/mol. The van der Waals surface area contributed by atoms with E-state index in [0.29, 0.717) is 12.8 Å². The summed E-state index contributed by atoms with van der Waals surface area (Å²) in [5.41, 5.74) is 0. The maximum absolute atomic E-state index is 11.1. The summed E-state index contributed by atoms with van der Waals surface area (Å²) in [6.07, 6.45) is 4.28. The van der Waals surface area contributed by atoms with Crippen molar-refractivity contribution in [2.75, 3.05) is 0 Å². The molecule has 1 aliphatic carbocycles. The van der Waals surface area contributed by atoms with Crippen molar-refractivity contribution in [3.63, 3.8) is 0 Å². The second kappa shape index (κ2) is 2.59. The van der Waals surface area contributed by atoms with Gasteiger partial charge >= 0.3 is 11.9 Å². The molecule has 3 rings (SSSR count). The minimum absolute atomic E-state index is 0.127. The van der Waals surface area contributed by atoms with Crippen molar-refractivity contribution in [1.29, 1.82) is 0 Å². The fourth-order valence-corrected chi connectivity index (χ4v) is 2.56. The number of ether oxygens (including phenoxy) is 2. The Morgan fingerprint density at radius 1 is 0.929 bits per heavy atom. The number of carbonyl (C=O) groups is 2. The van der Waals surface area contributed by atoms with Crippen molar-refractivity contribution < 1.29 is 19.1 Å². The Labute approximate surface area is 80.9 Å². The fourth-order valence-electron chi connectivity index (χ4n) is 2.56. The summed E-state index contributed by atoms with van der Waals surface area (Å²) in [5, 5.41) is 0. The lowest BCUT2D eigenvalue weighted by atomic mass is 9.78. The van der Waals surface area contributed by atoms with Crippen LogP contribution in [0.15, 0.2) is 12.2 Å². The van der Waals surface area contributed by atoms with E-state index in [9.17, 15) is 9.59 Å². The van der Waals surface area contributed by atoms with Gasteiger partial charge in [-0.15, -0.1) is 0 Å². The van der Waals surface area contributed by atoms with Gasteiger partial charge in [-0.25, -0.2) is 0 Å². The molecule has 4 nitrogen and oxygen atoms in total. The molecule has 4 heteroatoms. The van der Waals surface area contributed by atoms with Crippen molar-refractivity contribution in [2.24, 2.45) is 11.8 Å². The number of fused-ring (bicyclic) bond motifs is 3. The van der Waals surface area contributed by atoms with Gasteiger partial charge in [-0.1, -0.05) is 0 Å². The Balaban J connectivity index is 1.91. The lowest BCUT2D eigenvalue weighted by molar-refractivity contribution is -0.141. The van der Waals surface area contributed by atoms with Gasteiger partial charge in [-0.2, -0.15) is 0 Å². The molecule has 0 radical (unpaired) electrons. The first kappa shape index (κ1) is 8.03. The maximum Gasteiger partial charge on any atom is 0.306 e. The molecule has 0 aromatic rings. The zero-order chi connectivity index (χ0) is 9.71. The molecule has 2 aliphatic heterocycles. The van der Waals surface area contributed by atoms with Crippen LogP contribution in [0.2, 0.25) is 0 Å². The summed E-state index contributed by atoms with van der Waals surface area (Å²) in [7, 11) is 0. The largest absolute Gasteiger partial charge is 0.458 e. The molecule has 4 atom stereocenters. The number of hydrogen-bond acceptors (Lipinski definition) is 4. The van der Waals surface area contributed by atoms with Gasteiger partial charge in [0, 0.05) is 11.8 Å². The van der Waals surface area contributed by atoms with E-state index in [0.717, 1.165) is 0 Å². The van der Waals surface area contributed by atoms with Gasteiger partial charge < -0.3 is 9.47 Å². The van der Waals surface area contributed by atoms with Crippen LogP contribution in [0.25, 0.3) is 0 Å². The SMILES string of the molecule is O=C1C[C@@H]2[C@@H]3CC(=O)O[C@@H]3C=C[C@@H]2O1. The van der Waals surface area contributed by atoms with Crippen molar-refractivity contribution in [3.8, 4) is 0 Å². The van der Waals surface area contributed by atoms with E-state index in [1.54, 1.807) is 0 Å². The minimum atomic E-state index is -0.162. The van der Waals surface area contributed by atoms with Crippen molar-refractivity contribution in [2.45, 2.75) is 25.0 Å². The average molecular weight is 194 g/mol. The van der Waals surface area contributed by atoms with Crippen LogP contribution in [-0.4, -0.2) is 24.1 Å². The van der Waals surface area contributed by atoms with Gasteiger partial charge in [0.05, 0.1) is 12.8 Å². The Bertz CT molecular complexity index is 301. The molecule has 0 unspecified atom stereocenters. The summed E-state index contributed by atoms with van der Waals surface area (Å²) >= 11 is 0. The molecule has 74 valence electrons. The van der Waals surface area contributed by atoms with Crippen molar-refractivity contribution in [1.82, 2.24) is 0 Å². The first-order valence-electron chi connectivity index (χ1n) is 4.81. The van der Waals surface area contributed by atoms with E-state index in [1.807, 2.05) is 12.2 Å². The number of hydrogen-bond donors (Lipinski definition) is 0. The van der Waals surface area contributed by atoms with Crippen LogP contribution >= 0.6 is 0 Å². The Hall–Kier alpha value is -1.32. The quantitative estimate of drug-likeness (QED) is 0.414.